The molecule has 8 nitrogen and oxygen atoms in total. The maximum atomic E-state index is 14.2. The molecule has 0 spiro atoms. The van der Waals surface area contributed by atoms with Crippen LogP contribution in [0.2, 0.25) is 0 Å². The number of rotatable bonds is 8. The van der Waals surface area contributed by atoms with Gasteiger partial charge in [-0.25, -0.2) is 9.40 Å². The van der Waals surface area contributed by atoms with Crippen molar-refractivity contribution in [1.82, 2.24) is 9.91 Å². The molecule has 2 amide bonds. The third-order valence-corrected chi connectivity index (χ3v) is 5.13. The number of hydrogen-bond donors (Lipinski definition) is 0. The van der Waals surface area contributed by atoms with E-state index in [2.05, 4.69) is 5.10 Å². The smallest absolute Gasteiger partial charge is 0.262 e. The second-order valence-corrected chi connectivity index (χ2v) is 7.20. The minimum atomic E-state index is -0.653. The Morgan fingerprint density at radius 3 is 2.62 bits per heavy atom. The molecule has 0 saturated heterocycles. The van der Waals surface area contributed by atoms with Crippen LogP contribution in [-0.4, -0.2) is 54.2 Å². The Morgan fingerprint density at radius 1 is 1.16 bits per heavy atom. The van der Waals surface area contributed by atoms with Crippen molar-refractivity contribution in [3.63, 3.8) is 0 Å². The summed E-state index contributed by atoms with van der Waals surface area (Å²) in [5, 5.41) is 5.75. The summed E-state index contributed by atoms with van der Waals surface area (Å²) in [7, 11) is 1.49. The van der Waals surface area contributed by atoms with Gasteiger partial charge in [0.2, 0.25) is 0 Å². The summed E-state index contributed by atoms with van der Waals surface area (Å²) in [6, 6.07) is 12.2. The van der Waals surface area contributed by atoms with Gasteiger partial charge >= 0.3 is 0 Å². The van der Waals surface area contributed by atoms with Gasteiger partial charge in [-0.1, -0.05) is 12.1 Å². The number of nitrogens with zero attached hydrogens (tertiary/aromatic N) is 3. The molecule has 32 heavy (non-hydrogen) atoms. The lowest BCUT2D eigenvalue weighted by Crippen LogP contribution is -2.43. The van der Waals surface area contributed by atoms with Crippen molar-refractivity contribution in [2.75, 3.05) is 26.8 Å². The molecule has 1 aromatic carbocycles. The van der Waals surface area contributed by atoms with Crippen molar-refractivity contribution in [3.05, 3.63) is 84.0 Å². The lowest BCUT2D eigenvalue weighted by atomic mass is 10.1. The van der Waals surface area contributed by atoms with E-state index in [-0.39, 0.29) is 25.3 Å². The SMILES string of the molecule is COCCN(CC(=O)N1N=C(c2ccco2)CC1c1ccco1)C(=O)c1ccccc1F. The van der Waals surface area contributed by atoms with Crippen molar-refractivity contribution < 1.29 is 27.6 Å². The van der Waals surface area contributed by atoms with Crippen LogP contribution in [0.25, 0.3) is 0 Å². The molecule has 2 aromatic heterocycles. The lowest BCUT2D eigenvalue weighted by molar-refractivity contribution is -0.134. The molecule has 3 aromatic rings. The molecule has 4 rings (SSSR count). The molecule has 0 saturated carbocycles. The molecule has 1 unspecified atom stereocenters. The normalized spacial score (nSPS) is 15.6. The van der Waals surface area contributed by atoms with E-state index in [9.17, 15) is 14.0 Å². The molecular weight excluding hydrogens is 417 g/mol. The van der Waals surface area contributed by atoms with Crippen molar-refractivity contribution in [3.8, 4) is 0 Å². The second kappa shape index (κ2) is 9.61. The zero-order valence-corrected chi connectivity index (χ0v) is 17.4. The van der Waals surface area contributed by atoms with Crippen LogP contribution in [0.1, 0.15) is 34.3 Å². The maximum Gasteiger partial charge on any atom is 0.262 e. The third kappa shape index (κ3) is 4.47. The highest BCUT2D eigenvalue weighted by atomic mass is 19.1. The first kappa shape index (κ1) is 21.5. The molecule has 0 bridgehead atoms. The number of carbonyl (C=O) groups is 2. The zero-order chi connectivity index (χ0) is 22.5. The quantitative estimate of drug-likeness (QED) is 0.536. The Balaban J connectivity index is 1.59. The first-order valence-corrected chi connectivity index (χ1v) is 10.1. The highest BCUT2D eigenvalue weighted by molar-refractivity contribution is 6.02. The van der Waals surface area contributed by atoms with Crippen LogP contribution in [0.4, 0.5) is 4.39 Å². The Labute approximate surface area is 183 Å². The summed E-state index contributed by atoms with van der Waals surface area (Å²) in [4.78, 5) is 27.5. The first-order valence-electron chi connectivity index (χ1n) is 10.1. The van der Waals surface area contributed by atoms with Gasteiger partial charge in [-0.15, -0.1) is 0 Å². The van der Waals surface area contributed by atoms with Gasteiger partial charge in [0, 0.05) is 20.1 Å². The van der Waals surface area contributed by atoms with E-state index in [1.165, 1.54) is 47.7 Å². The van der Waals surface area contributed by atoms with Crippen molar-refractivity contribution in [2.24, 2.45) is 5.10 Å². The molecule has 166 valence electrons. The predicted octanol–water partition coefficient (Wildman–Crippen LogP) is 3.48. The fourth-order valence-corrected chi connectivity index (χ4v) is 3.53. The van der Waals surface area contributed by atoms with Gasteiger partial charge in [-0.2, -0.15) is 5.10 Å². The number of halogens is 1. The maximum absolute atomic E-state index is 14.2. The topological polar surface area (TPSA) is 88.5 Å². The van der Waals surface area contributed by atoms with Crippen LogP contribution in [-0.2, 0) is 9.53 Å². The Morgan fingerprint density at radius 2 is 1.94 bits per heavy atom. The third-order valence-electron chi connectivity index (χ3n) is 5.13. The number of benzene rings is 1. The fraction of sp³-hybridized carbons (Fsp3) is 0.261. The van der Waals surface area contributed by atoms with Gasteiger partial charge in [0.15, 0.2) is 0 Å². The van der Waals surface area contributed by atoms with Gasteiger partial charge in [-0.3, -0.25) is 9.59 Å². The largest absolute Gasteiger partial charge is 0.467 e. The van der Waals surface area contributed by atoms with Gasteiger partial charge in [-0.05, 0) is 36.4 Å². The highest BCUT2D eigenvalue weighted by Gasteiger charge is 2.37. The number of furan rings is 2. The fourth-order valence-electron chi connectivity index (χ4n) is 3.53. The molecule has 0 radical (unpaired) electrons. The first-order chi connectivity index (χ1) is 15.6. The van der Waals surface area contributed by atoms with Crippen LogP contribution < -0.4 is 0 Å². The number of amides is 2. The van der Waals surface area contributed by atoms with Crippen LogP contribution in [0, 0.1) is 5.82 Å². The summed E-state index contributed by atoms with van der Waals surface area (Å²) >= 11 is 0. The molecular formula is C23H22FN3O5. The predicted molar refractivity (Wildman–Crippen MR) is 112 cm³/mol. The number of carbonyl (C=O) groups excluding carboxylic acids is 2. The molecule has 9 heteroatoms. The highest BCUT2D eigenvalue weighted by Crippen LogP contribution is 2.33. The summed E-state index contributed by atoms with van der Waals surface area (Å²) in [6.07, 6.45) is 3.45. The molecule has 0 fully saturated rings. The molecule has 1 aliphatic rings. The number of hydrazone groups is 1. The van der Waals surface area contributed by atoms with Crippen molar-refractivity contribution in [2.45, 2.75) is 12.5 Å². The molecule has 1 atom stereocenters. The summed E-state index contributed by atoms with van der Waals surface area (Å²) in [5.41, 5.74) is 0.480. The van der Waals surface area contributed by atoms with E-state index < -0.39 is 23.7 Å². The second-order valence-electron chi connectivity index (χ2n) is 7.20. The van der Waals surface area contributed by atoms with Crippen LogP contribution in [0.3, 0.4) is 0 Å². The Bertz CT molecular complexity index is 1090. The average molecular weight is 439 g/mol. The van der Waals surface area contributed by atoms with Gasteiger partial charge in [0.1, 0.15) is 35.6 Å². The lowest BCUT2D eigenvalue weighted by Gasteiger charge is -2.26. The van der Waals surface area contributed by atoms with Crippen LogP contribution in [0.5, 0.6) is 0 Å². The average Bonchev–Trinajstić information content (AvgIpc) is 3.56. The summed E-state index contributed by atoms with van der Waals surface area (Å²) in [5.74, 6) is -0.575. The van der Waals surface area contributed by atoms with Crippen LogP contribution in [0.15, 0.2) is 75.0 Å². The number of methoxy groups -OCH3 is 1. The van der Waals surface area contributed by atoms with Crippen molar-refractivity contribution in [1.29, 1.82) is 0 Å². The van der Waals surface area contributed by atoms with Gasteiger partial charge in [0.05, 0.1) is 24.7 Å². The molecule has 1 aliphatic heterocycles. The summed E-state index contributed by atoms with van der Waals surface area (Å²) in [6.45, 7) is 0.00207. The monoisotopic (exact) mass is 439 g/mol. The van der Waals surface area contributed by atoms with Crippen molar-refractivity contribution >= 4 is 17.5 Å². The Hall–Kier alpha value is -3.72. The molecule has 3 heterocycles. The Kier molecular flexibility index (Phi) is 6.46. The van der Waals surface area contributed by atoms with E-state index in [0.29, 0.717) is 23.7 Å². The van der Waals surface area contributed by atoms with E-state index in [1.54, 1.807) is 30.3 Å². The molecule has 0 N–H and O–H groups in total. The van der Waals surface area contributed by atoms with Gasteiger partial charge in [0.25, 0.3) is 11.8 Å². The number of ether oxygens (including phenoxy) is 1. The minimum Gasteiger partial charge on any atom is -0.467 e. The zero-order valence-electron chi connectivity index (χ0n) is 17.4. The number of hydrogen-bond acceptors (Lipinski definition) is 6. The standard InChI is InChI=1S/C23H22FN3O5/c1-30-13-10-26(23(29)16-6-2-3-7-17(16)24)15-22(28)27-19(21-9-5-12-32-21)14-18(25-27)20-8-4-11-31-20/h2-9,11-12,19H,10,13-15H2,1H3. The molecule has 0 aliphatic carbocycles. The van der Waals surface area contributed by atoms with Gasteiger partial charge < -0.3 is 18.5 Å². The van der Waals surface area contributed by atoms with E-state index in [4.69, 9.17) is 13.6 Å². The summed E-state index contributed by atoms with van der Waals surface area (Å²) < 4.78 is 30.2. The van der Waals surface area contributed by atoms with E-state index in [0.717, 1.165) is 0 Å². The minimum absolute atomic E-state index is 0.111. The van der Waals surface area contributed by atoms with E-state index >= 15 is 0 Å². The van der Waals surface area contributed by atoms with E-state index in [1.807, 2.05) is 0 Å². The van der Waals surface area contributed by atoms with Crippen LogP contribution >= 0.6 is 0 Å².